The quantitative estimate of drug-likeness (QED) is 0.840. The van der Waals surface area contributed by atoms with Gasteiger partial charge in [0.2, 0.25) is 0 Å². The molecule has 1 fully saturated rings. The number of nitrogens with zero attached hydrogens (tertiary/aromatic N) is 3. The lowest BCUT2D eigenvalue weighted by Gasteiger charge is -2.36. The SMILES string of the molecule is CCCCN1CCN(c2cc(C#N)ccc2N)CC1. The summed E-state index contributed by atoms with van der Waals surface area (Å²) in [4.78, 5) is 4.79. The first kappa shape index (κ1) is 13.7. The number of nitrogen functional groups attached to an aromatic ring is 1. The molecule has 2 N–H and O–H groups in total. The molecule has 0 aromatic heterocycles. The van der Waals surface area contributed by atoms with Gasteiger partial charge < -0.3 is 10.6 Å². The molecular weight excluding hydrogens is 236 g/mol. The number of hydrogen-bond acceptors (Lipinski definition) is 4. The molecule has 1 aliphatic heterocycles. The highest BCUT2D eigenvalue weighted by Crippen LogP contribution is 2.25. The van der Waals surface area contributed by atoms with Crippen LogP contribution < -0.4 is 10.6 Å². The maximum Gasteiger partial charge on any atom is 0.0992 e. The van der Waals surface area contributed by atoms with E-state index in [-0.39, 0.29) is 0 Å². The predicted molar refractivity (Wildman–Crippen MR) is 79.1 cm³/mol. The molecule has 1 aliphatic rings. The maximum absolute atomic E-state index is 8.97. The Hall–Kier alpha value is -1.73. The highest BCUT2D eigenvalue weighted by Gasteiger charge is 2.18. The van der Waals surface area contributed by atoms with E-state index in [0.29, 0.717) is 5.56 Å². The third kappa shape index (κ3) is 3.39. The minimum Gasteiger partial charge on any atom is -0.397 e. The Labute approximate surface area is 115 Å². The summed E-state index contributed by atoms with van der Waals surface area (Å²) in [5.41, 5.74) is 8.48. The molecule has 0 aliphatic carbocycles. The van der Waals surface area contributed by atoms with E-state index in [1.54, 1.807) is 6.07 Å². The van der Waals surface area contributed by atoms with Crippen LogP contribution in [0.3, 0.4) is 0 Å². The van der Waals surface area contributed by atoms with Crippen LogP contribution in [-0.2, 0) is 0 Å². The van der Waals surface area contributed by atoms with Crippen LogP contribution in [0.5, 0.6) is 0 Å². The van der Waals surface area contributed by atoms with E-state index in [2.05, 4.69) is 22.8 Å². The summed E-state index contributed by atoms with van der Waals surface area (Å²) in [5, 5.41) is 8.97. The van der Waals surface area contributed by atoms with Crippen molar-refractivity contribution in [2.45, 2.75) is 19.8 Å². The summed E-state index contributed by atoms with van der Waals surface area (Å²) in [7, 11) is 0. The monoisotopic (exact) mass is 258 g/mol. The largest absolute Gasteiger partial charge is 0.397 e. The number of benzene rings is 1. The first-order valence-electron chi connectivity index (χ1n) is 7.01. The molecule has 0 radical (unpaired) electrons. The molecule has 1 saturated heterocycles. The summed E-state index contributed by atoms with van der Waals surface area (Å²) in [6.45, 7) is 7.56. The molecule has 4 heteroatoms. The number of unbranched alkanes of at least 4 members (excludes halogenated alkanes) is 1. The zero-order valence-corrected chi connectivity index (χ0v) is 11.6. The molecule has 19 heavy (non-hydrogen) atoms. The van der Waals surface area contributed by atoms with E-state index in [0.717, 1.165) is 37.6 Å². The van der Waals surface area contributed by atoms with E-state index >= 15 is 0 Å². The maximum atomic E-state index is 8.97. The number of rotatable bonds is 4. The van der Waals surface area contributed by atoms with Gasteiger partial charge in [0.05, 0.1) is 23.0 Å². The van der Waals surface area contributed by atoms with Crippen molar-refractivity contribution < 1.29 is 0 Å². The molecule has 0 amide bonds. The average Bonchev–Trinajstić information content (AvgIpc) is 2.46. The fourth-order valence-corrected chi connectivity index (χ4v) is 2.48. The Morgan fingerprint density at radius 3 is 2.63 bits per heavy atom. The van der Waals surface area contributed by atoms with Gasteiger partial charge in [0.25, 0.3) is 0 Å². The Kier molecular flexibility index (Phi) is 4.64. The third-order valence-electron chi connectivity index (χ3n) is 3.70. The van der Waals surface area contributed by atoms with E-state index < -0.39 is 0 Å². The van der Waals surface area contributed by atoms with Gasteiger partial charge in [-0.05, 0) is 31.2 Å². The standard InChI is InChI=1S/C15H22N4/c1-2-3-6-18-7-9-19(10-8-18)15-11-13(12-16)4-5-14(15)17/h4-5,11H,2-3,6-10,17H2,1H3. The second-order valence-electron chi connectivity index (χ2n) is 5.07. The zero-order valence-electron chi connectivity index (χ0n) is 11.6. The van der Waals surface area contributed by atoms with Gasteiger partial charge in [-0.3, -0.25) is 4.90 Å². The van der Waals surface area contributed by atoms with Crippen molar-refractivity contribution in [3.05, 3.63) is 23.8 Å². The van der Waals surface area contributed by atoms with Crippen LogP contribution in [0.15, 0.2) is 18.2 Å². The summed E-state index contributed by atoms with van der Waals surface area (Å²) < 4.78 is 0. The van der Waals surface area contributed by atoms with Crippen LogP contribution in [0.25, 0.3) is 0 Å². The van der Waals surface area contributed by atoms with Crippen LogP contribution in [0.1, 0.15) is 25.3 Å². The van der Waals surface area contributed by atoms with Crippen molar-refractivity contribution in [3.63, 3.8) is 0 Å². The van der Waals surface area contributed by atoms with Gasteiger partial charge in [0.1, 0.15) is 0 Å². The van der Waals surface area contributed by atoms with Crippen LogP contribution in [-0.4, -0.2) is 37.6 Å². The van der Waals surface area contributed by atoms with Crippen molar-refractivity contribution in [1.82, 2.24) is 4.90 Å². The summed E-state index contributed by atoms with van der Waals surface area (Å²) in [6, 6.07) is 7.68. The van der Waals surface area contributed by atoms with Crippen molar-refractivity contribution in [1.29, 1.82) is 5.26 Å². The van der Waals surface area contributed by atoms with Crippen molar-refractivity contribution in [2.24, 2.45) is 0 Å². The molecule has 1 aromatic rings. The smallest absolute Gasteiger partial charge is 0.0992 e. The zero-order chi connectivity index (χ0) is 13.7. The van der Waals surface area contributed by atoms with Crippen LogP contribution in [0, 0.1) is 11.3 Å². The van der Waals surface area contributed by atoms with E-state index in [1.165, 1.54) is 19.4 Å². The minimum atomic E-state index is 0.678. The van der Waals surface area contributed by atoms with E-state index in [9.17, 15) is 0 Å². The van der Waals surface area contributed by atoms with Gasteiger partial charge in [0.15, 0.2) is 0 Å². The van der Waals surface area contributed by atoms with E-state index in [4.69, 9.17) is 11.0 Å². The molecule has 0 spiro atoms. The first-order valence-corrected chi connectivity index (χ1v) is 7.01. The lowest BCUT2D eigenvalue weighted by atomic mass is 10.1. The third-order valence-corrected chi connectivity index (χ3v) is 3.70. The average molecular weight is 258 g/mol. The Morgan fingerprint density at radius 2 is 2.00 bits per heavy atom. The van der Waals surface area contributed by atoms with Crippen LogP contribution in [0.2, 0.25) is 0 Å². The fraction of sp³-hybridized carbons (Fsp3) is 0.533. The predicted octanol–water partition coefficient (Wildman–Crippen LogP) is 2.06. The van der Waals surface area contributed by atoms with Crippen molar-refractivity contribution in [2.75, 3.05) is 43.4 Å². The number of nitrogens with two attached hydrogens (primary N) is 1. The molecule has 0 saturated carbocycles. The van der Waals surface area contributed by atoms with Gasteiger partial charge in [-0.2, -0.15) is 5.26 Å². The summed E-state index contributed by atoms with van der Waals surface area (Å²) in [5.74, 6) is 0. The molecular formula is C15H22N4. The first-order chi connectivity index (χ1) is 9.24. The normalized spacial score (nSPS) is 16.3. The lowest BCUT2D eigenvalue weighted by Crippen LogP contribution is -2.46. The topological polar surface area (TPSA) is 56.3 Å². The van der Waals surface area contributed by atoms with Gasteiger partial charge in [-0.25, -0.2) is 0 Å². The summed E-state index contributed by atoms with van der Waals surface area (Å²) in [6.07, 6.45) is 2.52. The second kappa shape index (κ2) is 6.44. The highest BCUT2D eigenvalue weighted by atomic mass is 15.3. The molecule has 2 rings (SSSR count). The van der Waals surface area contributed by atoms with E-state index in [1.807, 2.05) is 12.1 Å². The number of nitriles is 1. The second-order valence-corrected chi connectivity index (χ2v) is 5.07. The Balaban J connectivity index is 1.99. The molecule has 1 heterocycles. The van der Waals surface area contributed by atoms with Crippen LogP contribution in [0.4, 0.5) is 11.4 Å². The van der Waals surface area contributed by atoms with Gasteiger partial charge in [-0.1, -0.05) is 13.3 Å². The molecule has 0 unspecified atom stereocenters. The molecule has 4 nitrogen and oxygen atoms in total. The lowest BCUT2D eigenvalue weighted by molar-refractivity contribution is 0.254. The van der Waals surface area contributed by atoms with Gasteiger partial charge in [0, 0.05) is 26.2 Å². The number of hydrogen-bond donors (Lipinski definition) is 1. The summed E-state index contributed by atoms with van der Waals surface area (Å²) >= 11 is 0. The number of piperazine rings is 1. The Bertz CT molecular complexity index is 456. The minimum absolute atomic E-state index is 0.678. The van der Waals surface area contributed by atoms with Crippen molar-refractivity contribution >= 4 is 11.4 Å². The molecule has 0 bridgehead atoms. The van der Waals surface area contributed by atoms with Gasteiger partial charge >= 0.3 is 0 Å². The van der Waals surface area contributed by atoms with Crippen LogP contribution >= 0.6 is 0 Å². The number of anilines is 2. The molecule has 0 atom stereocenters. The molecule has 102 valence electrons. The van der Waals surface area contributed by atoms with Gasteiger partial charge in [-0.15, -0.1) is 0 Å². The highest BCUT2D eigenvalue weighted by molar-refractivity contribution is 5.69. The Morgan fingerprint density at radius 1 is 1.26 bits per heavy atom. The van der Waals surface area contributed by atoms with Crippen molar-refractivity contribution in [3.8, 4) is 6.07 Å². The molecule has 1 aromatic carbocycles. The fourth-order valence-electron chi connectivity index (χ4n) is 2.48.